The third-order valence-corrected chi connectivity index (χ3v) is 6.94. The molecule has 0 fully saturated rings. The number of primary amides is 1. The number of quaternary nitrogens is 1. The number of hydrogen-bond acceptors (Lipinski definition) is 4. The molecule has 0 spiro atoms. The molecular weight excluding hydrogens is 486 g/mol. The minimum atomic E-state index is -1.44. The zero-order valence-corrected chi connectivity index (χ0v) is 21.7. The van der Waals surface area contributed by atoms with Crippen LogP contribution in [-0.4, -0.2) is 29.2 Å². The van der Waals surface area contributed by atoms with Crippen LogP contribution < -0.4 is 10.2 Å². The summed E-state index contributed by atoms with van der Waals surface area (Å²) in [7, 11) is 0. The third kappa shape index (κ3) is 5.87. The predicted molar refractivity (Wildman–Crippen MR) is 155 cm³/mol. The Hall–Kier alpha value is -4.81. The summed E-state index contributed by atoms with van der Waals surface area (Å²) < 4.78 is 0. The average molecular weight is 517 g/mol. The molecule has 0 aliphatic carbocycles. The number of benzene rings is 4. The Morgan fingerprint density at radius 3 is 2.28 bits per heavy atom. The van der Waals surface area contributed by atoms with Gasteiger partial charge in [-0.3, -0.25) is 5.41 Å². The van der Waals surface area contributed by atoms with Gasteiger partial charge in [0.1, 0.15) is 11.3 Å². The maximum Gasteiger partial charge on any atom is 0.354 e. The van der Waals surface area contributed by atoms with E-state index < -0.39 is 17.6 Å². The number of rotatable bonds is 7. The summed E-state index contributed by atoms with van der Waals surface area (Å²) in [5, 5.41) is 19.1. The smallest absolute Gasteiger partial charge is 0.354 e. The van der Waals surface area contributed by atoms with Crippen molar-refractivity contribution in [3.63, 3.8) is 0 Å². The number of amides is 1. The molecule has 0 unspecified atom stereocenters. The Morgan fingerprint density at radius 1 is 0.897 bits per heavy atom. The number of carbonyl (C=O) groups is 2. The third-order valence-electron chi connectivity index (χ3n) is 6.94. The van der Waals surface area contributed by atoms with Gasteiger partial charge in [0, 0.05) is 30.1 Å². The fourth-order valence-electron chi connectivity index (χ4n) is 4.88. The number of hydrogen-bond donors (Lipinski definition) is 3. The van der Waals surface area contributed by atoms with Gasteiger partial charge in [-0.05, 0) is 84.5 Å². The molecule has 39 heavy (non-hydrogen) atoms. The molecule has 4 aromatic carbocycles. The van der Waals surface area contributed by atoms with Gasteiger partial charge in [0.25, 0.3) is 0 Å². The van der Waals surface area contributed by atoms with Gasteiger partial charge in [0.05, 0.1) is 0 Å². The minimum Gasteiger partial charge on any atom is -0.477 e. The fraction of sp³-hybridized carbons (Fsp3) is 0.121. The largest absolute Gasteiger partial charge is 0.477 e. The molecule has 0 radical (unpaired) electrons. The highest BCUT2D eigenvalue weighted by atomic mass is 16.4. The second-order valence-electron chi connectivity index (χ2n) is 9.71. The summed E-state index contributed by atoms with van der Waals surface area (Å²) in [6, 6.07) is 31.7. The van der Waals surface area contributed by atoms with Gasteiger partial charge in [-0.1, -0.05) is 54.1 Å². The van der Waals surface area contributed by atoms with Gasteiger partial charge in [-0.2, -0.15) is 0 Å². The lowest BCUT2D eigenvalue weighted by atomic mass is 9.96. The maximum absolute atomic E-state index is 13.2. The van der Waals surface area contributed by atoms with E-state index in [4.69, 9.17) is 5.41 Å². The van der Waals surface area contributed by atoms with Gasteiger partial charge in [0.15, 0.2) is 5.71 Å². The fourth-order valence-corrected chi connectivity index (χ4v) is 4.88. The zero-order chi connectivity index (χ0) is 27.4. The van der Waals surface area contributed by atoms with Crippen LogP contribution in [0.1, 0.15) is 23.1 Å². The first kappa shape index (κ1) is 25.8. The zero-order valence-electron chi connectivity index (χ0n) is 21.7. The molecule has 0 saturated heterocycles. The Kier molecular flexibility index (Phi) is 7.48. The summed E-state index contributed by atoms with van der Waals surface area (Å²) in [5.41, 5.74) is 7.11. The van der Waals surface area contributed by atoms with E-state index in [0.29, 0.717) is 11.3 Å². The topological polar surface area (TPSA) is 98.1 Å². The van der Waals surface area contributed by atoms with E-state index in [2.05, 4.69) is 36.1 Å². The lowest BCUT2D eigenvalue weighted by molar-refractivity contribution is -0.478. The van der Waals surface area contributed by atoms with Crippen LogP contribution in [0.3, 0.4) is 0 Å². The van der Waals surface area contributed by atoms with Crippen LogP contribution in [0, 0.1) is 12.3 Å². The molecule has 6 heteroatoms. The number of fused-ring (bicyclic) bond motifs is 1. The summed E-state index contributed by atoms with van der Waals surface area (Å²) in [4.78, 5) is 27.2. The highest BCUT2D eigenvalue weighted by Gasteiger charge is 2.25. The predicted octanol–water partition coefficient (Wildman–Crippen LogP) is 5.66. The van der Waals surface area contributed by atoms with E-state index in [1.165, 1.54) is 17.0 Å². The van der Waals surface area contributed by atoms with Crippen LogP contribution in [0.5, 0.6) is 0 Å². The van der Waals surface area contributed by atoms with E-state index in [-0.39, 0.29) is 5.57 Å². The first-order valence-electron chi connectivity index (χ1n) is 12.9. The molecule has 6 nitrogen and oxygen atoms in total. The second-order valence-corrected chi connectivity index (χ2v) is 9.71. The first-order valence-corrected chi connectivity index (χ1v) is 12.9. The van der Waals surface area contributed by atoms with Crippen molar-refractivity contribution in [2.45, 2.75) is 19.8 Å². The van der Waals surface area contributed by atoms with Crippen molar-refractivity contribution in [2.24, 2.45) is 0 Å². The normalized spacial score (nSPS) is 13.1. The highest BCUT2D eigenvalue weighted by molar-refractivity contribution is 6.48. The molecule has 1 amide bonds. The van der Waals surface area contributed by atoms with E-state index in [9.17, 15) is 14.7 Å². The summed E-state index contributed by atoms with van der Waals surface area (Å²) in [6.45, 7) is 2.98. The highest BCUT2D eigenvalue weighted by Crippen LogP contribution is 2.34. The number of aliphatic carboxylic acids is 1. The van der Waals surface area contributed by atoms with Crippen molar-refractivity contribution in [3.05, 3.63) is 119 Å². The summed E-state index contributed by atoms with van der Waals surface area (Å²) in [6.07, 6.45) is 3.38. The van der Waals surface area contributed by atoms with Gasteiger partial charge < -0.3 is 10.0 Å². The molecule has 4 aromatic rings. The lowest BCUT2D eigenvalue weighted by Crippen LogP contribution is -2.83. The Balaban J connectivity index is 1.40. The molecule has 194 valence electrons. The van der Waals surface area contributed by atoms with Crippen molar-refractivity contribution in [2.75, 3.05) is 11.4 Å². The molecule has 4 N–H and O–H groups in total. The number of carboxylic acid groups (broad SMARTS) is 1. The second kappa shape index (κ2) is 11.3. The monoisotopic (exact) mass is 516 g/mol. The Bertz CT molecular complexity index is 1560. The van der Waals surface area contributed by atoms with E-state index >= 15 is 0 Å². The molecule has 0 atom stereocenters. The number of carbonyl (C=O) groups excluding carboxylic acids is 1. The van der Waals surface area contributed by atoms with Crippen LogP contribution in [0.25, 0.3) is 17.2 Å². The van der Waals surface area contributed by atoms with Gasteiger partial charge >= 0.3 is 11.9 Å². The SMILES string of the molecule is Cc1ccc(N2CCCc3cc(/C=C(/C(=N)C(=O)O)C(=O)[NH2+]c4ccc(-c5ccccc5)cc4)ccc32)cc1. The molecule has 0 bridgehead atoms. The van der Waals surface area contributed by atoms with Crippen molar-refractivity contribution in [3.8, 4) is 11.1 Å². The van der Waals surface area contributed by atoms with Gasteiger partial charge in [0.2, 0.25) is 0 Å². The number of nitrogens with two attached hydrogens (primary N) is 1. The van der Waals surface area contributed by atoms with Gasteiger partial charge in [-0.25, -0.2) is 14.9 Å². The van der Waals surface area contributed by atoms with Crippen molar-refractivity contribution < 1.29 is 20.0 Å². The van der Waals surface area contributed by atoms with E-state index in [1.807, 2.05) is 72.8 Å². The molecule has 0 aromatic heterocycles. The molecule has 1 aliphatic rings. The number of aryl methyl sites for hydroxylation is 2. The molecule has 1 aliphatic heterocycles. The Labute approximate surface area is 227 Å². The molecule has 5 rings (SSSR count). The van der Waals surface area contributed by atoms with Crippen LogP contribution in [-0.2, 0) is 16.0 Å². The molecule has 1 heterocycles. The van der Waals surface area contributed by atoms with Crippen LogP contribution >= 0.6 is 0 Å². The quantitative estimate of drug-likeness (QED) is 0.168. The van der Waals surface area contributed by atoms with Crippen molar-refractivity contribution >= 4 is 40.7 Å². The van der Waals surface area contributed by atoms with Crippen LogP contribution in [0.4, 0.5) is 17.1 Å². The average Bonchev–Trinajstić information content (AvgIpc) is 2.96. The standard InChI is InChI=1S/C33H29N3O3/c1-22-9-16-28(17-10-22)36-19-5-8-26-20-23(11-18-30(26)36)21-29(31(34)33(38)39)32(37)35-27-14-12-25(13-15-27)24-6-3-2-4-7-24/h2-4,6-7,9-18,20-21,34H,5,8,19H2,1H3,(H,35,37)(H,38,39)/p+1/b29-21-,34-31?. The van der Waals surface area contributed by atoms with Crippen molar-refractivity contribution in [1.29, 1.82) is 5.41 Å². The maximum atomic E-state index is 13.2. The number of nitrogens with one attached hydrogen (secondary N) is 1. The minimum absolute atomic E-state index is 0.152. The molecule has 0 saturated carbocycles. The first-order chi connectivity index (χ1) is 18.9. The number of anilines is 2. The summed E-state index contributed by atoms with van der Waals surface area (Å²) >= 11 is 0. The van der Waals surface area contributed by atoms with Crippen LogP contribution in [0.15, 0.2) is 103 Å². The lowest BCUT2D eigenvalue weighted by Gasteiger charge is -2.31. The summed E-state index contributed by atoms with van der Waals surface area (Å²) in [5.74, 6) is -1.96. The van der Waals surface area contributed by atoms with Crippen molar-refractivity contribution in [1.82, 2.24) is 0 Å². The number of carboxylic acids is 1. The van der Waals surface area contributed by atoms with E-state index in [0.717, 1.165) is 47.5 Å². The van der Waals surface area contributed by atoms with Gasteiger partial charge in [-0.15, -0.1) is 0 Å². The molecular formula is C33H30N3O3+. The number of nitrogens with zero attached hydrogens (tertiary/aromatic N) is 1. The Morgan fingerprint density at radius 2 is 1.59 bits per heavy atom. The van der Waals surface area contributed by atoms with Crippen LogP contribution in [0.2, 0.25) is 0 Å². The van der Waals surface area contributed by atoms with E-state index in [1.54, 1.807) is 0 Å².